The number of halogens is 2. The molecule has 0 unspecified atom stereocenters. The van der Waals surface area contributed by atoms with Gasteiger partial charge in [-0.1, -0.05) is 28.1 Å². The molecule has 0 spiro atoms. The summed E-state index contributed by atoms with van der Waals surface area (Å²) >= 11 is 3.40. The number of benzene rings is 2. The molecule has 1 N–H and O–H groups in total. The second-order valence-electron chi connectivity index (χ2n) is 7.18. The van der Waals surface area contributed by atoms with E-state index in [0.717, 1.165) is 32.6 Å². The van der Waals surface area contributed by atoms with Crippen LogP contribution in [0.1, 0.15) is 17.7 Å². The number of carbonyl (C=O) groups excluding carboxylic acids is 1. The van der Waals surface area contributed by atoms with Crippen molar-refractivity contribution in [1.82, 2.24) is 14.7 Å². The summed E-state index contributed by atoms with van der Waals surface area (Å²) in [5.41, 5.74) is 4.20. The van der Waals surface area contributed by atoms with E-state index in [1.807, 2.05) is 53.9 Å². The summed E-state index contributed by atoms with van der Waals surface area (Å²) in [5, 5.41) is 2.95. The molecule has 0 atom stereocenters. The summed E-state index contributed by atoms with van der Waals surface area (Å²) in [6.45, 7) is 2.57. The summed E-state index contributed by atoms with van der Waals surface area (Å²) in [7, 11) is 0. The lowest BCUT2D eigenvalue weighted by atomic mass is 10.1. The zero-order valence-corrected chi connectivity index (χ0v) is 18.5. The van der Waals surface area contributed by atoms with E-state index in [4.69, 9.17) is 9.72 Å². The lowest BCUT2D eigenvalue weighted by Gasteiger charge is -2.09. The fourth-order valence-electron chi connectivity index (χ4n) is 3.30. The minimum Gasteiger partial charge on any atom is -0.493 e. The third-order valence-corrected chi connectivity index (χ3v) is 5.32. The van der Waals surface area contributed by atoms with Crippen LogP contribution < -0.4 is 10.1 Å². The molecule has 0 fully saturated rings. The lowest BCUT2D eigenvalue weighted by Crippen LogP contribution is -2.25. The predicted molar refractivity (Wildman–Crippen MR) is 121 cm³/mol. The van der Waals surface area contributed by atoms with Crippen molar-refractivity contribution >= 4 is 27.5 Å². The van der Waals surface area contributed by atoms with Crippen LogP contribution in [0.25, 0.3) is 16.9 Å². The van der Waals surface area contributed by atoms with E-state index in [0.29, 0.717) is 12.3 Å². The Hall–Kier alpha value is -3.19. The van der Waals surface area contributed by atoms with Gasteiger partial charge in [-0.15, -0.1) is 0 Å². The van der Waals surface area contributed by atoms with E-state index in [2.05, 4.69) is 21.2 Å². The number of hydrogen-bond donors (Lipinski definition) is 1. The standard InChI is InChI=1S/C24H21BrFN3O2/c1-16-5-10-22-28-24(17-6-8-19(26)9-7-17)21(29(22)15-16)14-27-23(30)11-12-31-20-4-2-3-18(25)13-20/h2-10,13,15H,11-12,14H2,1H3,(H,27,30). The molecule has 31 heavy (non-hydrogen) atoms. The topological polar surface area (TPSA) is 55.6 Å². The molecular weight excluding hydrogens is 461 g/mol. The van der Waals surface area contributed by atoms with Crippen LogP contribution in [0.3, 0.4) is 0 Å². The minimum atomic E-state index is -0.302. The van der Waals surface area contributed by atoms with Crippen LogP contribution in [-0.4, -0.2) is 21.9 Å². The SMILES string of the molecule is Cc1ccc2nc(-c3ccc(F)cc3)c(CNC(=O)CCOc3cccc(Br)c3)n2c1. The average molecular weight is 482 g/mol. The molecule has 0 aliphatic carbocycles. The Labute approximate surface area is 188 Å². The number of carbonyl (C=O) groups is 1. The van der Waals surface area contributed by atoms with Gasteiger partial charge in [0.15, 0.2) is 0 Å². The fraction of sp³-hybridized carbons (Fsp3) is 0.167. The Bertz CT molecular complexity index is 1220. The third-order valence-electron chi connectivity index (χ3n) is 4.83. The van der Waals surface area contributed by atoms with Crippen LogP contribution in [0.5, 0.6) is 5.75 Å². The summed E-state index contributed by atoms with van der Waals surface area (Å²) in [4.78, 5) is 17.1. The van der Waals surface area contributed by atoms with Crippen molar-refractivity contribution in [3.63, 3.8) is 0 Å². The van der Waals surface area contributed by atoms with Gasteiger partial charge in [0.1, 0.15) is 17.2 Å². The highest BCUT2D eigenvalue weighted by molar-refractivity contribution is 9.10. The number of rotatable bonds is 7. The van der Waals surface area contributed by atoms with Gasteiger partial charge in [-0.3, -0.25) is 4.79 Å². The summed E-state index contributed by atoms with van der Waals surface area (Å²) in [6, 6.07) is 17.6. The van der Waals surface area contributed by atoms with Crippen molar-refractivity contribution in [3.05, 3.63) is 88.4 Å². The quantitative estimate of drug-likeness (QED) is 0.389. The first-order chi connectivity index (χ1) is 15.0. The maximum atomic E-state index is 13.4. The second-order valence-corrected chi connectivity index (χ2v) is 8.10. The van der Waals surface area contributed by atoms with Crippen molar-refractivity contribution in [2.24, 2.45) is 0 Å². The molecule has 0 aliphatic heterocycles. The number of ether oxygens (including phenoxy) is 1. The van der Waals surface area contributed by atoms with Crippen molar-refractivity contribution in [2.75, 3.05) is 6.61 Å². The molecule has 2 aromatic carbocycles. The van der Waals surface area contributed by atoms with E-state index in [1.54, 1.807) is 12.1 Å². The van der Waals surface area contributed by atoms with Crippen molar-refractivity contribution < 1.29 is 13.9 Å². The lowest BCUT2D eigenvalue weighted by molar-refractivity contribution is -0.121. The molecule has 0 radical (unpaired) electrons. The summed E-state index contributed by atoms with van der Waals surface area (Å²) < 4.78 is 21.9. The van der Waals surface area contributed by atoms with Gasteiger partial charge >= 0.3 is 0 Å². The maximum Gasteiger partial charge on any atom is 0.223 e. The molecule has 7 heteroatoms. The summed E-state index contributed by atoms with van der Waals surface area (Å²) in [5.74, 6) is 0.282. The van der Waals surface area contributed by atoms with Gasteiger partial charge in [-0.2, -0.15) is 0 Å². The van der Waals surface area contributed by atoms with Crippen LogP contribution in [0.15, 0.2) is 71.3 Å². The molecule has 0 aliphatic rings. The third kappa shape index (κ3) is 5.11. The van der Waals surface area contributed by atoms with Crippen LogP contribution >= 0.6 is 15.9 Å². The zero-order valence-electron chi connectivity index (χ0n) is 16.9. The van der Waals surface area contributed by atoms with Gasteiger partial charge in [0, 0.05) is 16.2 Å². The molecule has 0 bridgehead atoms. The van der Waals surface area contributed by atoms with E-state index < -0.39 is 0 Å². The minimum absolute atomic E-state index is 0.123. The molecule has 2 heterocycles. The first-order valence-corrected chi connectivity index (χ1v) is 10.7. The Morgan fingerprint density at radius 2 is 1.97 bits per heavy atom. The molecule has 4 aromatic rings. The largest absolute Gasteiger partial charge is 0.493 e. The van der Waals surface area contributed by atoms with Gasteiger partial charge in [0.25, 0.3) is 0 Å². The van der Waals surface area contributed by atoms with Crippen molar-refractivity contribution in [2.45, 2.75) is 19.9 Å². The zero-order chi connectivity index (χ0) is 21.8. The highest BCUT2D eigenvalue weighted by atomic mass is 79.9. The summed E-state index contributed by atoms with van der Waals surface area (Å²) in [6.07, 6.45) is 2.21. The number of pyridine rings is 1. The monoisotopic (exact) mass is 481 g/mol. The van der Waals surface area contributed by atoms with Crippen LogP contribution in [0.2, 0.25) is 0 Å². The van der Waals surface area contributed by atoms with Gasteiger partial charge in [0.2, 0.25) is 5.91 Å². The number of nitrogens with one attached hydrogen (secondary N) is 1. The molecule has 158 valence electrons. The number of aryl methyl sites for hydroxylation is 1. The number of hydrogen-bond acceptors (Lipinski definition) is 3. The van der Waals surface area contributed by atoms with E-state index in [-0.39, 0.29) is 24.8 Å². The molecule has 5 nitrogen and oxygen atoms in total. The predicted octanol–water partition coefficient (Wildman–Crippen LogP) is 5.30. The highest BCUT2D eigenvalue weighted by Crippen LogP contribution is 2.25. The van der Waals surface area contributed by atoms with Gasteiger partial charge in [0.05, 0.1) is 31.0 Å². The smallest absolute Gasteiger partial charge is 0.223 e. The number of aromatic nitrogens is 2. The van der Waals surface area contributed by atoms with Crippen molar-refractivity contribution in [3.8, 4) is 17.0 Å². The van der Waals surface area contributed by atoms with Crippen LogP contribution in [-0.2, 0) is 11.3 Å². The first kappa shape index (κ1) is 21.1. The maximum absolute atomic E-state index is 13.4. The van der Waals surface area contributed by atoms with Crippen LogP contribution in [0, 0.1) is 12.7 Å². The second kappa shape index (κ2) is 9.31. The van der Waals surface area contributed by atoms with Crippen molar-refractivity contribution in [1.29, 1.82) is 0 Å². The Morgan fingerprint density at radius 1 is 1.16 bits per heavy atom. The van der Waals surface area contributed by atoms with E-state index in [1.165, 1.54) is 12.1 Å². The van der Waals surface area contributed by atoms with Gasteiger partial charge < -0.3 is 14.5 Å². The van der Waals surface area contributed by atoms with E-state index in [9.17, 15) is 9.18 Å². The van der Waals surface area contributed by atoms with Gasteiger partial charge in [-0.05, 0) is 61.0 Å². The number of imidazole rings is 1. The van der Waals surface area contributed by atoms with Crippen LogP contribution in [0.4, 0.5) is 4.39 Å². The van der Waals surface area contributed by atoms with Gasteiger partial charge in [-0.25, -0.2) is 9.37 Å². The molecule has 2 aromatic heterocycles. The van der Waals surface area contributed by atoms with E-state index >= 15 is 0 Å². The molecular formula is C24H21BrFN3O2. The average Bonchev–Trinajstić information content (AvgIpc) is 3.10. The molecule has 0 saturated heterocycles. The fourth-order valence-corrected chi connectivity index (χ4v) is 3.67. The molecule has 4 rings (SSSR count). The Balaban J connectivity index is 1.48. The molecule has 0 saturated carbocycles. The number of nitrogens with zero attached hydrogens (tertiary/aromatic N) is 2. The molecule has 1 amide bonds. The first-order valence-electron chi connectivity index (χ1n) is 9.88. The highest BCUT2D eigenvalue weighted by Gasteiger charge is 2.15. The Kier molecular flexibility index (Phi) is 6.32. The number of fused-ring (bicyclic) bond motifs is 1. The normalized spacial score (nSPS) is 10.9. The Morgan fingerprint density at radius 3 is 2.74 bits per heavy atom. The number of amides is 1.